The van der Waals surface area contributed by atoms with E-state index in [4.69, 9.17) is 5.73 Å². The number of rotatable bonds is 7. The van der Waals surface area contributed by atoms with Crippen LogP contribution in [0.1, 0.15) is 46.5 Å². The quantitative estimate of drug-likeness (QED) is 0.765. The highest BCUT2D eigenvalue weighted by Crippen LogP contribution is 2.13. The average molecular weight is 269 g/mol. The largest absolute Gasteiger partial charge is 0.341 e. The van der Waals surface area contributed by atoms with Crippen LogP contribution in [0.25, 0.3) is 0 Å². The molecule has 0 spiro atoms. The molecule has 1 aliphatic heterocycles. The summed E-state index contributed by atoms with van der Waals surface area (Å²) in [5, 5.41) is 0. The lowest BCUT2D eigenvalue weighted by Crippen LogP contribution is -2.50. The van der Waals surface area contributed by atoms with Crippen molar-refractivity contribution in [3.8, 4) is 0 Å². The summed E-state index contributed by atoms with van der Waals surface area (Å²) in [6.45, 7) is 10.9. The van der Waals surface area contributed by atoms with E-state index in [1.165, 1.54) is 6.42 Å². The van der Waals surface area contributed by atoms with Crippen LogP contribution in [0.3, 0.4) is 0 Å². The molecule has 1 saturated heterocycles. The Hall–Kier alpha value is -0.610. The van der Waals surface area contributed by atoms with Gasteiger partial charge in [-0.15, -0.1) is 0 Å². The van der Waals surface area contributed by atoms with E-state index in [2.05, 4.69) is 25.7 Å². The van der Waals surface area contributed by atoms with Crippen LogP contribution in [0.4, 0.5) is 0 Å². The fourth-order valence-electron chi connectivity index (χ4n) is 2.74. The van der Waals surface area contributed by atoms with Crippen molar-refractivity contribution in [2.75, 3.05) is 32.7 Å². The number of likely N-dealkylation sites (tertiary alicyclic amines) is 1. The van der Waals surface area contributed by atoms with E-state index in [-0.39, 0.29) is 6.04 Å². The summed E-state index contributed by atoms with van der Waals surface area (Å²) in [5.74, 6) is 0.881. The van der Waals surface area contributed by atoms with Gasteiger partial charge in [0.15, 0.2) is 0 Å². The lowest BCUT2D eigenvalue weighted by molar-refractivity contribution is -0.137. The van der Waals surface area contributed by atoms with Gasteiger partial charge in [0.05, 0.1) is 6.04 Å². The Balaban J connectivity index is 2.56. The summed E-state index contributed by atoms with van der Waals surface area (Å²) in [6.07, 6.45) is 4.54. The van der Waals surface area contributed by atoms with Crippen LogP contribution in [0.2, 0.25) is 0 Å². The summed E-state index contributed by atoms with van der Waals surface area (Å²) in [5.41, 5.74) is 5.60. The predicted octanol–water partition coefficient (Wildman–Crippen LogP) is 1.69. The van der Waals surface area contributed by atoms with Crippen molar-refractivity contribution in [1.82, 2.24) is 9.80 Å². The number of carbonyl (C=O) groups excluding carboxylic acids is 1. The maximum Gasteiger partial charge on any atom is 0.239 e. The average Bonchev–Trinajstić information content (AvgIpc) is 2.42. The third kappa shape index (κ3) is 5.49. The van der Waals surface area contributed by atoms with Gasteiger partial charge in [-0.3, -0.25) is 9.69 Å². The second-order valence-electron chi connectivity index (χ2n) is 6.09. The van der Waals surface area contributed by atoms with Crippen LogP contribution in [0, 0.1) is 5.92 Å². The van der Waals surface area contributed by atoms with E-state index >= 15 is 0 Å². The Morgan fingerprint density at radius 1 is 1.21 bits per heavy atom. The predicted molar refractivity (Wildman–Crippen MR) is 80.0 cm³/mol. The smallest absolute Gasteiger partial charge is 0.239 e. The summed E-state index contributed by atoms with van der Waals surface area (Å²) < 4.78 is 0. The van der Waals surface area contributed by atoms with E-state index in [0.717, 1.165) is 45.4 Å². The summed E-state index contributed by atoms with van der Waals surface area (Å²) in [7, 11) is 0. The number of carbonyl (C=O) groups is 1. The molecule has 19 heavy (non-hydrogen) atoms. The van der Waals surface area contributed by atoms with Gasteiger partial charge in [-0.25, -0.2) is 0 Å². The molecule has 1 fully saturated rings. The van der Waals surface area contributed by atoms with Crippen molar-refractivity contribution < 1.29 is 4.79 Å². The van der Waals surface area contributed by atoms with Crippen molar-refractivity contribution in [2.24, 2.45) is 11.7 Å². The maximum atomic E-state index is 12.5. The number of amides is 1. The standard InChI is InChI=1S/C15H31N3O/c1-13(2)12-18(11-7-8-16)14(3)15(19)17-9-5-4-6-10-17/h13-14H,4-12,16H2,1-3H3. The zero-order chi connectivity index (χ0) is 14.3. The molecule has 1 rings (SSSR count). The Bertz CT molecular complexity index is 262. The number of piperidine rings is 1. The van der Waals surface area contributed by atoms with E-state index in [1.54, 1.807) is 0 Å². The molecule has 0 aromatic heterocycles. The molecule has 1 atom stereocenters. The van der Waals surface area contributed by atoms with Gasteiger partial charge >= 0.3 is 0 Å². The van der Waals surface area contributed by atoms with Crippen LogP contribution in [-0.4, -0.2) is 54.5 Å². The topological polar surface area (TPSA) is 49.6 Å². The fourth-order valence-corrected chi connectivity index (χ4v) is 2.74. The monoisotopic (exact) mass is 269 g/mol. The normalized spacial score (nSPS) is 18.1. The number of hydrogen-bond acceptors (Lipinski definition) is 3. The second-order valence-corrected chi connectivity index (χ2v) is 6.09. The molecule has 4 heteroatoms. The van der Waals surface area contributed by atoms with Crippen molar-refractivity contribution >= 4 is 5.91 Å². The molecular formula is C15H31N3O. The lowest BCUT2D eigenvalue weighted by Gasteiger charge is -2.35. The zero-order valence-corrected chi connectivity index (χ0v) is 12.9. The summed E-state index contributed by atoms with van der Waals surface area (Å²) in [4.78, 5) is 16.9. The summed E-state index contributed by atoms with van der Waals surface area (Å²) >= 11 is 0. The number of hydrogen-bond donors (Lipinski definition) is 1. The molecule has 0 bridgehead atoms. The van der Waals surface area contributed by atoms with E-state index in [1.807, 2.05) is 4.90 Å². The molecule has 4 nitrogen and oxygen atoms in total. The molecule has 1 aliphatic rings. The van der Waals surface area contributed by atoms with Gasteiger partial charge in [-0.1, -0.05) is 13.8 Å². The molecule has 0 saturated carbocycles. The van der Waals surface area contributed by atoms with Gasteiger partial charge in [0.2, 0.25) is 5.91 Å². The van der Waals surface area contributed by atoms with Gasteiger partial charge in [0.1, 0.15) is 0 Å². The first-order valence-corrected chi connectivity index (χ1v) is 7.79. The first-order valence-electron chi connectivity index (χ1n) is 7.79. The van der Waals surface area contributed by atoms with Gasteiger partial charge in [0.25, 0.3) is 0 Å². The van der Waals surface area contributed by atoms with E-state index in [0.29, 0.717) is 18.4 Å². The highest BCUT2D eigenvalue weighted by molar-refractivity contribution is 5.81. The first kappa shape index (κ1) is 16.4. The van der Waals surface area contributed by atoms with E-state index in [9.17, 15) is 4.79 Å². The third-order valence-electron chi connectivity index (χ3n) is 3.82. The Morgan fingerprint density at radius 2 is 1.84 bits per heavy atom. The molecule has 2 N–H and O–H groups in total. The Morgan fingerprint density at radius 3 is 2.37 bits per heavy atom. The van der Waals surface area contributed by atoms with Crippen LogP contribution < -0.4 is 5.73 Å². The second kappa shape index (κ2) is 8.54. The molecular weight excluding hydrogens is 238 g/mol. The van der Waals surface area contributed by atoms with E-state index < -0.39 is 0 Å². The highest BCUT2D eigenvalue weighted by Gasteiger charge is 2.26. The molecule has 0 aliphatic carbocycles. The SMILES string of the molecule is CC(C)CN(CCCN)C(C)C(=O)N1CCCCC1. The summed E-state index contributed by atoms with van der Waals surface area (Å²) in [6, 6.07) is -0.00736. The number of nitrogens with zero attached hydrogens (tertiary/aromatic N) is 2. The molecule has 1 heterocycles. The van der Waals surface area contributed by atoms with Crippen LogP contribution in [-0.2, 0) is 4.79 Å². The van der Waals surface area contributed by atoms with Crippen molar-refractivity contribution in [1.29, 1.82) is 0 Å². The molecule has 112 valence electrons. The molecule has 1 unspecified atom stereocenters. The maximum absolute atomic E-state index is 12.5. The zero-order valence-electron chi connectivity index (χ0n) is 12.9. The minimum atomic E-state index is -0.00736. The van der Waals surface area contributed by atoms with Crippen molar-refractivity contribution in [3.63, 3.8) is 0 Å². The van der Waals surface area contributed by atoms with Crippen LogP contribution in [0.15, 0.2) is 0 Å². The third-order valence-corrected chi connectivity index (χ3v) is 3.82. The number of nitrogens with two attached hydrogens (primary N) is 1. The Kier molecular flexibility index (Phi) is 7.39. The molecule has 0 radical (unpaired) electrons. The van der Waals surface area contributed by atoms with Gasteiger partial charge in [0, 0.05) is 26.2 Å². The van der Waals surface area contributed by atoms with Gasteiger partial charge < -0.3 is 10.6 Å². The van der Waals surface area contributed by atoms with Crippen molar-refractivity contribution in [2.45, 2.75) is 52.5 Å². The van der Waals surface area contributed by atoms with Gasteiger partial charge in [-0.05, 0) is 45.1 Å². The fraction of sp³-hybridized carbons (Fsp3) is 0.933. The Labute approximate surface area is 118 Å². The van der Waals surface area contributed by atoms with Gasteiger partial charge in [-0.2, -0.15) is 0 Å². The minimum absolute atomic E-state index is 0.00736. The van der Waals surface area contributed by atoms with Crippen LogP contribution in [0.5, 0.6) is 0 Å². The highest BCUT2D eigenvalue weighted by atomic mass is 16.2. The molecule has 0 aromatic carbocycles. The first-order chi connectivity index (χ1) is 9.06. The van der Waals surface area contributed by atoms with Crippen molar-refractivity contribution in [3.05, 3.63) is 0 Å². The van der Waals surface area contributed by atoms with Crippen LogP contribution >= 0.6 is 0 Å². The minimum Gasteiger partial charge on any atom is -0.341 e. The lowest BCUT2D eigenvalue weighted by atomic mass is 10.1. The molecule has 0 aromatic rings. The molecule has 1 amide bonds.